The molecule has 0 saturated carbocycles. The van der Waals surface area contributed by atoms with Crippen LogP contribution in [-0.4, -0.2) is 39.7 Å². The van der Waals surface area contributed by atoms with Gasteiger partial charge < -0.3 is 13.9 Å². The van der Waals surface area contributed by atoms with Crippen LogP contribution in [0.15, 0.2) is 11.6 Å². The van der Waals surface area contributed by atoms with Gasteiger partial charge in [-0.15, -0.1) is 5.92 Å². The Hall–Kier alpha value is -0.933. The molecule has 2 rings (SSSR count). The molecule has 0 amide bonds. The Kier molecular flexibility index (Phi) is 10.5. The standard InChI is InChI=1S/C26H44O4Si/c1-19(2)31(20(3)4,21(5)6)30-24(18-23-14-13-22(7)17-25(23)27)11-9-8-10-12-26-28-15-16-29-26/h13,19-21,23-24,26H,8,10,12,14-18H2,1-7H3/t23-,24-/m1/s1. The van der Waals surface area contributed by atoms with Crippen LogP contribution in [0.5, 0.6) is 0 Å². The predicted octanol–water partition coefficient (Wildman–Crippen LogP) is 6.41. The van der Waals surface area contributed by atoms with Crippen LogP contribution in [-0.2, 0) is 18.7 Å². The van der Waals surface area contributed by atoms with Crippen LogP contribution in [0.4, 0.5) is 0 Å². The van der Waals surface area contributed by atoms with Crippen LogP contribution < -0.4 is 0 Å². The largest absolute Gasteiger partial charge is 0.402 e. The van der Waals surface area contributed by atoms with Crippen molar-refractivity contribution in [3.63, 3.8) is 0 Å². The summed E-state index contributed by atoms with van der Waals surface area (Å²) < 4.78 is 18.1. The number of carbonyl (C=O) groups excluding carboxylic acids is 1. The SMILES string of the molecule is CC1=CC[C@H](C[C@@H](C#CCCCC2OCCO2)O[Si](C(C)C)(C(C)C)C(C)C)C(=O)C1. The van der Waals surface area contributed by atoms with Crippen LogP contribution in [0.2, 0.25) is 16.6 Å². The van der Waals surface area contributed by atoms with Gasteiger partial charge in [-0.05, 0) is 49.2 Å². The number of ether oxygens (including phenoxy) is 2. The van der Waals surface area contributed by atoms with Gasteiger partial charge in [-0.25, -0.2) is 0 Å². The van der Waals surface area contributed by atoms with Crippen molar-refractivity contribution in [3.8, 4) is 11.8 Å². The summed E-state index contributed by atoms with van der Waals surface area (Å²) in [4.78, 5) is 12.7. The van der Waals surface area contributed by atoms with E-state index in [2.05, 4.69) is 59.5 Å². The molecule has 5 heteroatoms. The minimum atomic E-state index is -2.07. The number of ketones is 1. The summed E-state index contributed by atoms with van der Waals surface area (Å²) in [5.74, 6) is 7.20. The average molecular weight is 449 g/mol. The first-order chi connectivity index (χ1) is 14.7. The zero-order valence-electron chi connectivity index (χ0n) is 20.8. The lowest BCUT2D eigenvalue weighted by atomic mass is 9.85. The van der Waals surface area contributed by atoms with E-state index in [0.717, 1.165) is 25.7 Å². The maximum absolute atomic E-state index is 12.7. The molecule has 0 bridgehead atoms. The Morgan fingerprint density at radius 1 is 1.10 bits per heavy atom. The van der Waals surface area contributed by atoms with E-state index in [1.165, 1.54) is 5.57 Å². The van der Waals surface area contributed by atoms with Crippen molar-refractivity contribution in [1.29, 1.82) is 0 Å². The second kappa shape index (κ2) is 12.3. The quantitative estimate of drug-likeness (QED) is 0.168. The first-order valence-corrected chi connectivity index (χ1v) is 14.4. The van der Waals surface area contributed by atoms with E-state index in [1.807, 2.05) is 6.92 Å². The molecular formula is C26H44O4Si. The van der Waals surface area contributed by atoms with Crippen LogP contribution >= 0.6 is 0 Å². The number of unbranched alkanes of at least 4 members (excludes halogenated alkanes) is 1. The molecule has 1 saturated heterocycles. The van der Waals surface area contributed by atoms with Gasteiger partial charge in [-0.1, -0.05) is 59.1 Å². The summed E-state index contributed by atoms with van der Waals surface area (Å²) in [6.45, 7) is 17.3. The average Bonchev–Trinajstić information content (AvgIpc) is 3.20. The third-order valence-corrected chi connectivity index (χ3v) is 13.0. The molecule has 0 aromatic rings. The second-order valence-corrected chi connectivity index (χ2v) is 15.6. The lowest BCUT2D eigenvalue weighted by molar-refractivity contribution is -0.123. The Balaban J connectivity index is 2.12. The molecule has 4 nitrogen and oxygen atoms in total. The van der Waals surface area contributed by atoms with Crippen LogP contribution in [0.1, 0.15) is 87.0 Å². The topological polar surface area (TPSA) is 44.8 Å². The van der Waals surface area contributed by atoms with Crippen molar-refractivity contribution < 1.29 is 18.7 Å². The summed E-state index contributed by atoms with van der Waals surface area (Å²) in [7, 11) is -2.07. The molecule has 2 aliphatic rings. The minimum absolute atomic E-state index is 0.0291. The first kappa shape index (κ1) is 26.3. The molecule has 0 spiro atoms. The molecule has 0 radical (unpaired) electrons. The van der Waals surface area contributed by atoms with Crippen molar-refractivity contribution in [2.24, 2.45) is 5.92 Å². The molecule has 31 heavy (non-hydrogen) atoms. The molecular weight excluding hydrogens is 404 g/mol. The fraction of sp³-hybridized carbons (Fsp3) is 0.808. The van der Waals surface area contributed by atoms with Crippen LogP contribution in [0.25, 0.3) is 0 Å². The fourth-order valence-corrected chi connectivity index (χ4v) is 10.8. The Labute approximate surface area is 191 Å². The highest BCUT2D eigenvalue weighted by molar-refractivity contribution is 6.77. The monoisotopic (exact) mass is 448 g/mol. The van der Waals surface area contributed by atoms with Crippen molar-refractivity contribution in [2.45, 2.75) is 116 Å². The van der Waals surface area contributed by atoms with Crippen molar-refractivity contribution in [1.82, 2.24) is 0 Å². The zero-order valence-corrected chi connectivity index (χ0v) is 21.8. The van der Waals surface area contributed by atoms with E-state index in [-0.39, 0.29) is 18.3 Å². The lowest BCUT2D eigenvalue weighted by Gasteiger charge is -2.44. The van der Waals surface area contributed by atoms with E-state index in [4.69, 9.17) is 13.9 Å². The molecule has 0 aromatic carbocycles. The Morgan fingerprint density at radius 3 is 2.26 bits per heavy atom. The lowest BCUT2D eigenvalue weighted by Crippen LogP contribution is -2.50. The molecule has 176 valence electrons. The molecule has 0 aromatic heterocycles. The molecule has 2 atom stereocenters. The maximum Gasteiger partial charge on any atom is 0.202 e. The minimum Gasteiger partial charge on any atom is -0.402 e. The summed E-state index contributed by atoms with van der Waals surface area (Å²) in [5.41, 5.74) is 2.68. The predicted molar refractivity (Wildman–Crippen MR) is 129 cm³/mol. The van der Waals surface area contributed by atoms with Gasteiger partial charge >= 0.3 is 0 Å². The summed E-state index contributed by atoms with van der Waals surface area (Å²) in [5, 5.41) is 0. The molecule has 1 fully saturated rings. The van der Waals surface area contributed by atoms with E-state index < -0.39 is 8.32 Å². The third-order valence-electron chi connectivity index (χ3n) is 6.91. The number of Topliss-reactive ketones (excluding diaryl/α,β-unsaturated/α-hetero) is 1. The van der Waals surface area contributed by atoms with Gasteiger partial charge in [-0.2, -0.15) is 0 Å². The third kappa shape index (κ3) is 7.28. The number of hydrogen-bond acceptors (Lipinski definition) is 4. The van der Waals surface area contributed by atoms with Gasteiger partial charge in [0.25, 0.3) is 0 Å². The van der Waals surface area contributed by atoms with Gasteiger partial charge in [0.15, 0.2) is 6.29 Å². The number of carbonyl (C=O) groups is 1. The molecule has 1 aliphatic heterocycles. The van der Waals surface area contributed by atoms with E-state index in [9.17, 15) is 4.79 Å². The summed E-state index contributed by atoms with van der Waals surface area (Å²) >= 11 is 0. The van der Waals surface area contributed by atoms with Gasteiger partial charge in [0.2, 0.25) is 8.32 Å². The molecule has 0 N–H and O–H groups in total. The number of rotatable bonds is 10. The number of hydrogen-bond donors (Lipinski definition) is 0. The van der Waals surface area contributed by atoms with Gasteiger partial charge in [0.05, 0.1) is 13.2 Å². The smallest absolute Gasteiger partial charge is 0.202 e. The molecule has 0 unspecified atom stereocenters. The number of allylic oxidation sites excluding steroid dienone is 2. The summed E-state index contributed by atoms with van der Waals surface area (Å²) in [6.07, 6.45) is 6.74. The van der Waals surface area contributed by atoms with Gasteiger partial charge in [0.1, 0.15) is 11.9 Å². The second-order valence-electron chi connectivity index (χ2n) is 10.2. The van der Waals surface area contributed by atoms with Gasteiger partial charge in [0, 0.05) is 18.8 Å². The molecule has 1 heterocycles. The fourth-order valence-electron chi connectivity index (χ4n) is 5.36. The zero-order chi connectivity index (χ0) is 23.0. The maximum atomic E-state index is 12.7. The van der Waals surface area contributed by atoms with E-state index >= 15 is 0 Å². The van der Waals surface area contributed by atoms with Crippen LogP contribution in [0.3, 0.4) is 0 Å². The highest BCUT2D eigenvalue weighted by atomic mass is 28.4. The normalized spacial score (nSPS) is 21.5. The Bertz CT molecular complexity index is 643. The highest BCUT2D eigenvalue weighted by Crippen LogP contribution is 2.43. The van der Waals surface area contributed by atoms with E-state index in [1.54, 1.807) is 0 Å². The van der Waals surface area contributed by atoms with Crippen molar-refractivity contribution >= 4 is 14.1 Å². The Morgan fingerprint density at radius 2 is 1.71 bits per heavy atom. The highest BCUT2D eigenvalue weighted by Gasteiger charge is 2.46. The summed E-state index contributed by atoms with van der Waals surface area (Å²) in [6, 6.07) is 0. The van der Waals surface area contributed by atoms with Gasteiger partial charge in [-0.3, -0.25) is 4.79 Å². The van der Waals surface area contributed by atoms with Crippen LogP contribution in [0, 0.1) is 17.8 Å². The van der Waals surface area contributed by atoms with Crippen molar-refractivity contribution in [2.75, 3.05) is 13.2 Å². The van der Waals surface area contributed by atoms with Crippen molar-refractivity contribution in [3.05, 3.63) is 11.6 Å². The first-order valence-electron chi connectivity index (χ1n) is 12.2. The van der Waals surface area contributed by atoms with E-state index in [0.29, 0.717) is 48.5 Å². The molecule has 1 aliphatic carbocycles.